The smallest absolute Gasteiger partial charge is 0.0175 e. The summed E-state index contributed by atoms with van der Waals surface area (Å²) in [6, 6.07) is 8.87. The fraction of sp³-hybridized carbons (Fsp3) is 0.538. The molecule has 2 N–H and O–H groups in total. The first kappa shape index (κ1) is 9.86. The summed E-state index contributed by atoms with van der Waals surface area (Å²) >= 11 is 3.49. The van der Waals surface area contributed by atoms with Crippen molar-refractivity contribution in [2.24, 2.45) is 17.6 Å². The first-order valence-corrected chi connectivity index (χ1v) is 6.53. The summed E-state index contributed by atoms with van der Waals surface area (Å²) in [7, 11) is 0. The van der Waals surface area contributed by atoms with Crippen LogP contribution >= 0.6 is 15.9 Å². The van der Waals surface area contributed by atoms with Gasteiger partial charge in [0.15, 0.2) is 0 Å². The van der Waals surface area contributed by atoms with Crippen molar-refractivity contribution in [3.63, 3.8) is 0 Å². The molecule has 0 spiro atoms. The maximum Gasteiger partial charge on any atom is 0.0175 e. The molecule has 0 heterocycles. The van der Waals surface area contributed by atoms with Gasteiger partial charge in [-0.05, 0) is 55.3 Å². The predicted molar refractivity (Wildman–Crippen MR) is 65.7 cm³/mol. The standard InChI is InChI=1S/C13H16BrN/c14-12-5-3-10(4-6-12)13(9-1-2-9)7-11(13)8-15/h3-6,9,11H,1-2,7-8,15H2/t11-,13?/m0/s1. The number of rotatable bonds is 3. The zero-order valence-corrected chi connectivity index (χ0v) is 10.3. The molecule has 2 atom stereocenters. The molecule has 0 bridgehead atoms. The van der Waals surface area contributed by atoms with E-state index in [4.69, 9.17) is 5.73 Å². The summed E-state index contributed by atoms with van der Waals surface area (Å²) in [4.78, 5) is 0. The van der Waals surface area contributed by atoms with Gasteiger partial charge in [0.25, 0.3) is 0 Å². The highest BCUT2D eigenvalue weighted by molar-refractivity contribution is 9.10. The third kappa shape index (κ3) is 1.46. The predicted octanol–water partition coefficient (Wildman–Crippen LogP) is 3.08. The lowest BCUT2D eigenvalue weighted by molar-refractivity contribution is 0.535. The second-order valence-electron chi connectivity index (χ2n) is 4.96. The molecule has 1 nitrogen and oxygen atoms in total. The molecule has 0 aromatic heterocycles. The van der Waals surface area contributed by atoms with Gasteiger partial charge >= 0.3 is 0 Å². The third-order valence-electron chi connectivity index (χ3n) is 4.12. The van der Waals surface area contributed by atoms with E-state index in [-0.39, 0.29) is 0 Å². The van der Waals surface area contributed by atoms with Crippen LogP contribution in [0.4, 0.5) is 0 Å². The highest BCUT2D eigenvalue weighted by Gasteiger charge is 2.61. The van der Waals surface area contributed by atoms with Crippen molar-refractivity contribution in [3.8, 4) is 0 Å². The van der Waals surface area contributed by atoms with Gasteiger partial charge in [-0.1, -0.05) is 28.1 Å². The lowest BCUT2D eigenvalue weighted by Gasteiger charge is -2.17. The zero-order chi connectivity index (χ0) is 10.5. The topological polar surface area (TPSA) is 26.0 Å². The second kappa shape index (κ2) is 3.33. The van der Waals surface area contributed by atoms with Crippen LogP contribution in [0.15, 0.2) is 28.7 Å². The van der Waals surface area contributed by atoms with Crippen LogP contribution in [0.1, 0.15) is 24.8 Å². The first-order valence-electron chi connectivity index (χ1n) is 5.73. The molecule has 1 aromatic rings. The van der Waals surface area contributed by atoms with Gasteiger partial charge in [-0.3, -0.25) is 0 Å². The van der Waals surface area contributed by atoms with Crippen LogP contribution in [0.25, 0.3) is 0 Å². The summed E-state index contributed by atoms with van der Waals surface area (Å²) in [5.41, 5.74) is 7.82. The van der Waals surface area contributed by atoms with Crippen LogP contribution in [0.2, 0.25) is 0 Å². The number of nitrogens with two attached hydrogens (primary N) is 1. The minimum Gasteiger partial charge on any atom is -0.330 e. The van der Waals surface area contributed by atoms with Crippen LogP contribution in [-0.4, -0.2) is 6.54 Å². The normalized spacial score (nSPS) is 34.1. The van der Waals surface area contributed by atoms with Crippen molar-refractivity contribution in [1.82, 2.24) is 0 Å². The Labute approximate surface area is 99.2 Å². The van der Waals surface area contributed by atoms with Gasteiger partial charge < -0.3 is 5.73 Å². The van der Waals surface area contributed by atoms with E-state index in [2.05, 4.69) is 40.2 Å². The van der Waals surface area contributed by atoms with Crippen LogP contribution < -0.4 is 5.73 Å². The maximum absolute atomic E-state index is 5.83. The van der Waals surface area contributed by atoms with Crippen molar-refractivity contribution < 1.29 is 0 Å². The van der Waals surface area contributed by atoms with Crippen molar-refractivity contribution in [3.05, 3.63) is 34.3 Å². The van der Waals surface area contributed by atoms with Crippen LogP contribution in [0, 0.1) is 11.8 Å². The van der Waals surface area contributed by atoms with Crippen molar-refractivity contribution in [2.75, 3.05) is 6.54 Å². The highest BCUT2D eigenvalue weighted by Crippen LogP contribution is 2.65. The molecule has 1 aromatic carbocycles. The quantitative estimate of drug-likeness (QED) is 0.894. The van der Waals surface area contributed by atoms with E-state index >= 15 is 0 Å². The number of hydrogen-bond acceptors (Lipinski definition) is 1. The Balaban J connectivity index is 1.93. The third-order valence-corrected chi connectivity index (χ3v) is 4.65. The minimum atomic E-state index is 0.468. The Morgan fingerprint density at radius 1 is 1.27 bits per heavy atom. The van der Waals surface area contributed by atoms with E-state index in [1.165, 1.54) is 29.3 Å². The van der Waals surface area contributed by atoms with E-state index in [1.807, 2.05) is 0 Å². The van der Waals surface area contributed by atoms with E-state index in [1.54, 1.807) is 0 Å². The lowest BCUT2D eigenvalue weighted by atomic mass is 9.88. The average molecular weight is 266 g/mol. The summed E-state index contributed by atoms with van der Waals surface area (Å²) in [5.74, 6) is 1.67. The molecule has 2 fully saturated rings. The monoisotopic (exact) mass is 265 g/mol. The first-order chi connectivity index (χ1) is 7.27. The van der Waals surface area contributed by atoms with Crippen molar-refractivity contribution in [2.45, 2.75) is 24.7 Å². The molecular formula is C13H16BrN. The molecule has 15 heavy (non-hydrogen) atoms. The molecule has 2 saturated carbocycles. The zero-order valence-electron chi connectivity index (χ0n) is 8.75. The summed E-state index contributed by atoms with van der Waals surface area (Å²) < 4.78 is 1.17. The van der Waals surface area contributed by atoms with Crippen LogP contribution in [-0.2, 0) is 5.41 Å². The number of hydrogen-bond donors (Lipinski definition) is 1. The molecule has 1 unspecified atom stereocenters. The van der Waals surface area contributed by atoms with Crippen molar-refractivity contribution in [1.29, 1.82) is 0 Å². The lowest BCUT2D eigenvalue weighted by Crippen LogP contribution is -2.17. The Morgan fingerprint density at radius 3 is 2.40 bits per heavy atom. The van der Waals surface area contributed by atoms with E-state index in [0.29, 0.717) is 5.41 Å². The highest BCUT2D eigenvalue weighted by atomic mass is 79.9. The number of benzene rings is 1. The van der Waals surface area contributed by atoms with Crippen molar-refractivity contribution >= 4 is 15.9 Å². The van der Waals surface area contributed by atoms with Gasteiger partial charge in [0.1, 0.15) is 0 Å². The van der Waals surface area contributed by atoms with Gasteiger partial charge in [0.05, 0.1) is 0 Å². The molecular weight excluding hydrogens is 250 g/mol. The molecule has 80 valence electrons. The van der Waals surface area contributed by atoms with Gasteiger partial charge in [-0.2, -0.15) is 0 Å². The molecule has 0 amide bonds. The fourth-order valence-electron chi connectivity index (χ4n) is 3.09. The van der Waals surface area contributed by atoms with Crippen LogP contribution in [0.5, 0.6) is 0 Å². The van der Waals surface area contributed by atoms with Gasteiger partial charge in [0.2, 0.25) is 0 Å². The van der Waals surface area contributed by atoms with Gasteiger partial charge in [0, 0.05) is 9.89 Å². The Morgan fingerprint density at radius 2 is 1.93 bits per heavy atom. The molecule has 0 radical (unpaired) electrons. The van der Waals surface area contributed by atoms with E-state index in [0.717, 1.165) is 18.4 Å². The van der Waals surface area contributed by atoms with Gasteiger partial charge in [-0.15, -0.1) is 0 Å². The molecule has 2 aliphatic carbocycles. The molecule has 3 rings (SSSR count). The number of halogens is 1. The SMILES string of the molecule is NC[C@@H]1CC1(c1ccc(Br)cc1)C1CC1. The fourth-order valence-corrected chi connectivity index (χ4v) is 3.35. The minimum absolute atomic E-state index is 0.468. The second-order valence-corrected chi connectivity index (χ2v) is 5.87. The van der Waals surface area contributed by atoms with Gasteiger partial charge in [-0.25, -0.2) is 0 Å². The largest absolute Gasteiger partial charge is 0.330 e. The Bertz CT molecular complexity index is 369. The molecule has 0 saturated heterocycles. The molecule has 2 aliphatic rings. The molecule has 0 aliphatic heterocycles. The average Bonchev–Trinajstić information content (AvgIpc) is 3.12. The van der Waals surface area contributed by atoms with Crippen LogP contribution in [0.3, 0.4) is 0 Å². The van der Waals surface area contributed by atoms with E-state index < -0.39 is 0 Å². The summed E-state index contributed by atoms with van der Waals surface area (Å²) in [6.07, 6.45) is 4.13. The summed E-state index contributed by atoms with van der Waals surface area (Å²) in [6.45, 7) is 0.854. The Hall–Kier alpha value is -0.340. The van der Waals surface area contributed by atoms with E-state index in [9.17, 15) is 0 Å². The molecule has 2 heteroatoms. The maximum atomic E-state index is 5.83. The summed E-state index contributed by atoms with van der Waals surface area (Å²) in [5, 5.41) is 0. The Kier molecular flexibility index (Phi) is 2.18.